The molecule has 6 heteroatoms. The van der Waals surface area contributed by atoms with Gasteiger partial charge in [-0.2, -0.15) is 0 Å². The Hall–Kier alpha value is -4.06. The SMILES string of the molecule is O=C(O)c1ccc(N=Cc2ccc(C=Nc3ccc(C(=O)O)cc3)cc2)cc1. The molecule has 0 aliphatic rings. The number of rotatable bonds is 6. The zero-order chi connectivity index (χ0) is 19.9. The maximum atomic E-state index is 10.8. The third-order valence-electron chi connectivity index (χ3n) is 3.89. The Labute approximate surface area is 161 Å². The summed E-state index contributed by atoms with van der Waals surface area (Å²) in [5.74, 6) is -1.93. The third kappa shape index (κ3) is 4.98. The Morgan fingerprint density at radius 1 is 0.571 bits per heavy atom. The zero-order valence-corrected chi connectivity index (χ0v) is 14.7. The lowest BCUT2D eigenvalue weighted by molar-refractivity contribution is 0.0686. The van der Waals surface area contributed by atoms with E-state index < -0.39 is 11.9 Å². The van der Waals surface area contributed by atoms with Gasteiger partial charge in [-0.25, -0.2) is 9.59 Å². The van der Waals surface area contributed by atoms with E-state index in [-0.39, 0.29) is 11.1 Å². The highest BCUT2D eigenvalue weighted by Gasteiger charge is 2.01. The summed E-state index contributed by atoms with van der Waals surface area (Å²) in [5, 5.41) is 17.8. The highest BCUT2D eigenvalue weighted by Crippen LogP contribution is 2.15. The first-order valence-corrected chi connectivity index (χ1v) is 8.36. The number of carboxylic acid groups (broad SMARTS) is 2. The Bertz CT molecular complexity index is 949. The summed E-state index contributed by atoms with van der Waals surface area (Å²) in [7, 11) is 0. The number of aliphatic imine (C=N–C) groups is 2. The second-order valence-corrected chi connectivity index (χ2v) is 5.89. The number of carbonyl (C=O) groups is 2. The van der Waals surface area contributed by atoms with E-state index in [0.717, 1.165) is 11.1 Å². The second-order valence-electron chi connectivity index (χ2n) is 5.89. The van der Waals surface area contributed by atoms with Crippen molar-refractivity contribution in [2.24, 2.45) is 9.98 Å². The molecule has 3 aromatic carbocycles. The van der Waals surface area contributed by atoms with Gasteiger partial charge in [0.2, 0.25) is 0 Å². The van der Waals surface area contributed by atoms with Crippen molar-refractivity contribution in [3.63, 3.8) is 0 Å². The van der Waals surface area contributed by atoms with Gasteiger partial charge in [-0.3, -0.25) is 9.98 Å². The summed E-state index contributed by atoms with van der Waals surface area (Å²) in [6, 6.07) is 20.2. The quantitative estimate of drug-likeness (QED) is 0.618. The molecule has 0 aliphatic carbocycles. The van der Waals surface area contributed by atoms with Crippen molar-refractivity contribution in [3.8, 4) is 0 Å². The molecule has 0 fully saturated rings. The molecular formula is C22H16N2O4. The fraction of sp³-hybridized carbons (Fsp3) is 0. The number of aromatic carboxylic acids is 2. The molecule has 138 valence electrons. The van der Waals surface area contributed by atoms with Crippen molar-refractivity contribution in [1.29, 1.82) is 0 Å². The molecule has 0 amide bonds. The lowest BCUT2D eigenvalue weighted by atomic mass is 10.1. The molecule has 3 aromatic rings. The van der Waals surface area contributed by atoms with Crippen LogP contribution in [0.3, 0.4) is 0 Å². The minimum atomic E-state index is -0.967. The molecule has 6 nitrogen and oxygen atoms in total. The minimum absolute atomic E-state index is 0.222. The molecule has 0 spiro atoms. The molecule has 2 N–H and O–H groups in total. The third-order valence-corrected chi connectivity index (χ3v) is 3.89. The Kier molecular flexibility index (Phi) is 5.72. The van der Waals surface area contributed by atoms with E-state index in [9.17, 15) is 9.59 Å². The molecule has 0 atom stereocenters. The van der Waals surface area contributed by atoms with E-state index in [4.69, 9.17) is 10.2 Å². The Morgan fingerprint density at radius 2 is 0.893 bits per heavy atom. The van der Waals surface area contributed by atoms with Crippen LogP contribution in [0.4, 0.5) is 11.4 Å². The van der Waals surface area contributed by atoms with Crippen LogP contribution in [0.5, 0.6) is 0 Å². The summed E-state index contributed by atoms with van der Waals surface area (Å²) in [5.41, 5.74) is 3.57. The maximum Gasteiger partial charge on any atom is 0.335 e. The highest BCUT2D eigenvalue weighted by molar-refractivity contribution is 5.89. The summed E-state index contributed by atoms with van der Waals surface area (Å²) in [4.78, 5) is 30.3. The topological polar surface area (TPSA) is 99.3 Å². The standard InChI is InChI=1S/C22H16N2O4/c25-21(26)17-5-9-19(10-6-17)23-13-15-1-2-16(4-3-15)14-24-20-11-7-18(8-12-20)22(27)28/h1-14H,(H,25,26)(H,27,28). The van der Waals surface area contributed by atoms with Crippen molar-refractivity contribution in [2.45, 2.75) is 0 Å². The van der Waals surface area contributed by atoms with Crippen LogP contribution >= 0.6 is 0 Å². The van der Waals surface area contributed by atoms with Gasteiger partial charge >= 0.3 is 11.9 Å². The molecular weight excluding hydrogens is 356 g/mol. The number of benzene rings is 3. The van der Waals surface area contributed by atoms with Gasteiger partial charge in [-0.15, -0.1) is 0 Å². The van der Waals surface area contributed by atoms with Crippen LogP contribution in [0.25, 0.3) is 0 Å². The van der Waals surface area contributed by atoms with Crippen molar-refractivity contribution < 1.29 is 19.8 Å². The average Bonchev–Trinajstić information content (AvgIpc) is 2.72. The average molecular weight is 372 g/mol. The normalized spacial score (nSPS) is 11.1. The molecule has 28 heavy (non-hydrogen) atoms. The largest absolute Gasteiger partial charge is 0.478 e. The molecule has 3 rings (SSSR count). The molecule has 0 saturated heterocycles. The number of nitrogens with zero attached hydrogens (tertiary/aromatic N) is 2. The van der Waals surface area contributed by atoms with Gasteiger partial charge in [0.1, 0.15) is 0 Å². The van der Waals surface area contributed by atoms with Gasteiger partial charge in [-0.05, 0) is 59.7 Å². The summed E-state index contributed by atoms with van der Waals surface area (Å²) < 4.78 is 0. The summed E-state index contributed by atoms with van der Waals surface area (Å²) >= 11 is 0. The molecule has 0 aromatic heterocycles. The smallest absolute Gasteiger partial charge is 0.335 e. The molecule has 0 unspecified atom stereocenters. The van der Waals surface area contributed by atoms with E-state index in [1.54, 1.807) is 36.7 Å². The number of hydrogen-bond acceptors (Lipinski definition) is 4. The molecule has 0 saturated carbocycles. The Balaban J connectivity index is 1.64. The van der Waals surface area contributed by atoms with Crippen LogP contribution in [0.15, 0.2) is 82.8 Å². The van der Waals surface area contributed by atoms with Gasteiger partial charge in [0.25, 0.3) is 0 Å². The predicted molar refractivity (Wildman–Crippen MR) is 108 cm³/mol. The maximum absolute atomic E-state index is 10.8. The first-order chi connectivity index (χ1) is 13.5. The van der Waals surface area contributed by atoms with Gasteiger partial charge < -0.3 is 10.2 Å². The van der Waals surface area contributed by atoms with Gasteiger partial charge in [0.15, 0.2) is 0 Å². The lowest BCUT2D eigenvalue weighted by Crippen LogP contribution is -1.94. The van der Waals surface area contributed by atoms with E-state index in [1.807, 2.05) is 24.3 Å². The van der Waals surface area contributed by atoms with Crippen molar-refractivity contribution >= 4 is 35.7 Å². The van der Waals surface area contributed by atoms with Gasteiger partial charge in [0, 0.05) is 12.4 Å². The fourth-order valence-corrected chi connectivity index (χ4v) is 2.35. The molecule has 0 heterocycles. The minimum Gasteiger partial charge on any atom is -0.478 e. The van der Waals surface area contributed by atoms with Crippen molar-refractivity contribution in [3.05, 3.63) is 95.1 Å². The summed E-state index contributed by atoms with van der Waals surface area (Å²) in [6.07, 6.45) is 3.39. The monoisotopic (exact) mass is 372 g/mol. The highest BCUT2D eigenvalue weighted by atomic mass is 16.4. The zero-order valence-electron chi connectivity index (χ0n) is 14.7. The first-order valence-electron chi connectivity index (χ1n) is 8.36. The van der Waals surface area contributed by atoms with Gasteiger partial charge in [0.05, 0.1) is 22.5 Å². The van der Waals surface area contributed by atoms with Crippen LogP contribution in [0.1, 0.15) is 31.8 Å². The predicted octanol–water partition coefficient (Wildman–Crippen LogP) is 4.58. The van der Waals surface area contributed by atoms with Gasteiger partial charge in [-0.1, -0.05) is 24.3 Å². The van der Waals surface area contributed by atoms with E-state index >= 15 is 0 Å². The number of carboxylic acids is 2. The van der Waals surface area contributed by atoms with Crippen LogP contribution in [0, 0.1) is 0 Å². The lowest BCUT2D eigenvalue weighted by Gasteiger charge is -1.98. The van der Waals surface area contributed by atoms with Crippen molar-refractivity contribution in [1.82, 2.24) is 0 Å². The van der Waals surface area contributed by atoms with Crippen LogP contribution in [0.2, 0.25) is 0 Å². The van der Waals surface area contributed by atoms with Crippen molar-refractivity contribution in [2.75, 3.05) is 0 Å². The number of hydrogen-bond donors (Lipinski definition) is 2. The van der Waals surface area contributed by atoms with E-state index in [0.29, 0.717) is 11.4 Å². The van der Waals surface area contributed by atoms with Crippen LogP contribution < -0.4 is 0 Å². The van der Waals surface area contributed by atoms with E-state index in [1.165, 1.54) is 24.3 Å². The molecule has 0 radical (unpaired) electrons. The van der Waals surface area contributed by atoms with Crippen LogP contribution in [-0.2, 0) is 0 Å². The van der Waals surface area contributed by atoms with Crippen LogP contribution in [-0.4, -0.2) is 34.6 Å². The Morgan fingerprint density at radius 3 is 1.18 bits per heavy atom. The fourth-order valence-electron chi connectivity index (χ4n) is 2.35. The molecule has 0 bridgehead atoms. The summed E-state index contributed by atoms with van der Waals surface area (Å²) in [6.45, 7) is 0. The van der Waals surface area contributed by atoms with E-state index in [2.05, 4.69) is 9.98 Å². The first kappa shape index (κ1) is 18.7. The molecule has 0 aliphatic heterocycles. The second kappa shape index (κ2) is 8.55.